The molecule has 0 saturated heterocycles. The van der Waals surface area contributed by atoms with Gasteiger partial charge in [-0.2, -0.15) is 0 Å². The Morgan fingerprint density at radius 2 is 1.85 bits per heavy atom. The molecule has 41 heavy (non-hydrogen) atoms. The second-order valence-electron chi connectivity index (χ2n) is 9.83. The summed E-state index contributed by atoms with van der Waals surface area (Å²) in [6.07, 6.45) is 0. The Hall–Kier alpha value is -3.87. The van der Waals surface area contributed by atoms with Gasteiger partial charge in [-0.3, -0.25) is 19.4 Å². The maximum atomic E-state index is 13.7. The van der Waals surface area contributed by atoms with Crippen LogP contribution in [-0.2, 0) is 22.7 Å². The smallest absolute Gasteiger partial charge is 0.270 e. The van der Waals surface area contributed by atoms with E-state index in [0.29, 0.717) is 36.9 Å². The number of rotatable bonds is 12. The number of thiazole rings is 1. The van der Waals surface area contributed by atoms with E-state index < -0.39 is 0 Å². The van der Waals surface area contributed by atoms with Crippen LogP contribution >= 0.6 is 11.3 Å². The maximum Gasteiger partial charge on any atom is 0.270 e. The number of hydrazine groups is 1. The van der Waals surface area contributed by atoms with Crippen LogP contribution in [0.15, 0.2) is 41.8 Å². The first-order valence-corrected chi connectivity index (χ1v) is 14.4. The predicted molar refractivity (Wildman–Crippen MR) is 158 cm³/mol. The summed E-state index contributed by atoms with van der Waals surface area (Å²) >= 11 is 1.35. The third-order valence-corrected chi connectivity index (χ3v) is 7.85. The standard InChI is InChI=1S/C29H36FN7O3S/c1-5-32-10-11-33-26(38)16-36(17-27(39)35(4)37-14-21-8-9-23(30)12-22(21)15-37)25-13-20(7-6-19(25)2)29-34-24(18-41-29)28(40)31-3/h6-9,12-13,18,32H,5,10-11,14-17H2,1-4H3,(H,31,40)(H,33,38). The Balaban J connectivity index is 1.56. The first-order valence-electron chi connectivity index (χ1n) is 13.5. The van der Waals surface area contributed by atoms with Crippen LogP contribution in [0.3, 0.4) is 0 Å². The fourth-order valence-electron chi connectivity index (χ4n) is 4.62. The first kappa shape index (κ1) is 30.1. The van der Waals surface area contributed by atoms with Gasteiger partial charge in [0.1, 0.15) is 16.5 Å². The van der Waals surface area contributed by atoms with Crippen LogP contribution in [0.1, 0.15) is 34.1 Å². The number of benzene rings is 2. The van der Waals surface area contributed by atoms with E-state index >= 15 is 0 Å². The lowest BCUT2D eigenvalue weighted by Crippen LogP contribution is -2.48. The summed E-state index contributed by atoms with van der Waals surface area (Å²) in [5.41, 5.74) is 4.54. The van der Waals surface area contributed by atoms with Gasteiger partial charge in [0.2, 0.25) is 5.91 Å². The average molecular weight is 582 g/mol. The molecule has 3 amide bonds. The number of amides is 3. The molecule has 10 nitrogen and oxygen atoms in total. The summed E-state index contributed by atoms with van der Waals surface area (Å²) in [6.45, 7) is 6.68. The first-order chi connectivity index (χ1) is 19.7. The molecule has 0 saturated carbocycles. The van der Waals surface area contributed by atoms with E-state index in [0.717, 1.165) is 34.5 Å². The zero-order valence-corrected chi connectivity index (χ0v) is 24.6. The summed E-state index contributed by atoms with van der Waals surface area (Å²) < 4.78 is 13.7. The van der Waals surface area contributed by atoms with Crippen molar-refractivity contribution in [1.29, 1.82) is 0 Å². The van der Waals surface area contributed by atoms with Crippen LogP contribution in [0, 0.1) is 12.7 Å². The molecule has 0 aliphatic carbocycles. The van der Waals surface area contributed by atoms with Crippen LogP contribution in [0.2, 0.25) is 0 Å². The van der Waals surface area contributed by atoms with E-state index in [1.807, 2.05) is 37.1 Å². The Bertz CT molecular complexity index is 1410. The van der Waals surface area contributed by atoms with Crippen molar-refractivity contribution < 1.29 is 18.8 Å². The summed E-state index contributed by atoms with van der Waals surface area (Å²) in [5, 5.41) is 14.4. The molecule has 2 aromatic carbocycles. The summed E-state index contributed by atoms with van der Waals surface area (Å²) in [5.74, 6) is -0.983. The number of nitrogens with zero attached hydrogens (tertiary/aromatic N) is 4. The highest BCUT2D eigenvalue weighted by Gasteiger charge is 2.27. The molecule has 4 rings (SSSR count). The molecule has 2 heterocycles. The van der Waals surface area contributed by atoms with E-state index in [4.69, 9.17) is 0 Å². The molecular weight excluding hydrogens is 545 g/mol. The monoisotopic (exact) mass is 581 g/mol. The van der Waals surface area contributed by atoms with Gasteiger partial charge in [0.05, 0.1) is 13.1 Å². The van der Waals surface area contributed by atoms with Gasteiger partial charge in [-0.25, -0.2) is 14.4 Å². The summed E-state index contributed by atoms with van der Waals surface area (Å²) in [4.78, 5) is 44.8. The highest BCUT2D eigenvalue weighted by molar-refractivity contribution is 7.13. The topological polar surface area (TPSA) is 110 Å². The number of hydrogen-bond acceptors (Lipinski definition) is 8. The molecule has 0 spiro atoms. The number of hydrogen-bond donors (Lipinski definition) is 3. The van der Waals surface area contributed by atoms with E-state index in [9.17, 15) is 18.8 Å². The quantitative estimate of drug-likeness (QED) is 0.282. The highest BCUT2D eigenvalue weighted by Crippen LogP contribution is 2.31. The Morgan fingerprint density at radius 1 is 1.07 bits per heavy atom. The molecule has 3 N–H and O–H groups in total. The van der Waals surface area contributed by atoms with Crippen molar-refractivity contribution >= 4 is 34.7 Å². The molecule has 1 aromatic heterocycles. The number of carbonyl (C=O) groups is 3. The molecule has 1 aliphatic rings. The van der Waals surface area contributed by atoms with Gasteiger partial charge < -0.3 is 20.9 Å². The average Bonchev–Trinajstić information content (AvgIpc) is 3.62. The molecule has 1 aliphatic heterocycles. The van der Waals surface area contributed by atoms with Crippen molar-refractivity contribution in [3.63, 3.8) is 0 Å². The normalized spacial score (nSPS) is 12.6. The van der Waals surface area contributed by atoms with Gasteiger partial charge in [-0.1, -0.05) is 25.1 Å². The predicted octanol–water partition coefficient (Wildman–Crippen LogP) is 2.54. The lowest BCUT2D eigenvalue weighted by atomic mass is 10.1. The molecule has 0 atom stereocenters. The minimum absolute atomic E-state index is 0.0250. The molecule has 0 fully saturated rings. The van der Waals surface area contributed by atoms with Crippen molar-refractivity contribution in [1.82, 2.24) is 31.0 Å². The van der Waals surface area contributed by atoms with Crippen molar-refractivity contribution in [3.05, 3.63) is 70.0 Å². The largest absolute Gasteiger partial charge is 0.354 e. The van der Waals surface area contributed by atoms with Gasteiger partial charge in [0, 0.05) is 56.9 Å². The second kappa shape index (κ2) is 13.7. The maximum absolute atomic E-state index is 13.7. The summed E-state index contributed by atoms with van der Waals surface area (Å²) in [7, 11) is 3.25. The van der Waals surface area contributed by atoms with E-state index in [1.54, 1.807) is 35.5 Å². The lowest BCUT2D eigenvalue weighted by molar-refractivity contribution is -0.145. The minimum Gasteiger partial charge on any atom is -0.354 e. The zero-order valence-electron chi connectivity index (χ0n) is 23.8. The number of carbonyl (C=O) groups excluding carboxylic acids is 3. The van der Waals surface area contributed by atoms with E-state index in [1.165, 1.54) is 23.5 Å². The van der Waals surface area contributed by atoms with Gasteiger partial charge in [-0.05, 0) is 48.4 Å². The molecule has 3 aromatic rings. The molecule has 12 heteroatoms. The van der Waals surface area contributed by atoms with Crippen molar-refractivity contribution in [2.24, 2.45) is 0 Å². The highest BCUT2D eigenvalue weighted by atomic mass is 32.1. The Labute approximate surface area is 243 Å². The molecule has 218 valence electrons. The second-order valence-corrected chi connectivity index (χ2v) is 10.7. The van der Waals surface area contributed by atoms with Crippen molar-refractivity contribution in [2.45, 2.75) is 26.9 Å². The van der Waals surface area contributed by atoms with Gasteiger partial charge in [0.15, 0.2) is 0 Å². The molecule has 0 radical (unpaired) electrons. The number of aryl methyl sites for hydroxylation is 1. The zero-order chi connectivity index (χ0) is 29.5. The number of nitrogens with one attached hydrogen (secondary N) is 3. The number of fused-ring (bicyclic) bond motifs is 1. The fourth-order valence-corrected chi connectivity index (χ4v) is 5.42. The van der Waals surface area contributed by atoms with Crippen molar-refractivity contribution in [3.8, 4) is 10.6 Å². The summed E-state index contributed by atoms with van der Waals surface area (Å²) in [6, 6.07) is 10.4. The number of halogens is 1. The third-order valence-electron chi connectivity index (χ3n) is 6.95. The molecule has 0 unspecified atom stereocenters. The van der Waals surface area contributed by atoms with Gasteiger partial charge in [0.25, 0.3) is 11.8 Å². The van der Waals surface area contributed by atoms with E-state index in [-0.39, 0.29) is 36.6 Å². The number of anilines is 1. The number of aromatic nitrogens is 1. The molecular formula is C29H36FN7O3S. The van der Waals surface area contributed by atoms with Crippen LogP contribution in [-0.4, -0.2) is 79.5 Å². The van der Waals surface area contributed by atoms with Crippen LogP contribution in [0.5, 0.6) is 0 Å². The third kappa shape index (κ3) is 7.46. The van der Waals surface area contributed by atoms with Crippen LogP contribution in [0.25, 0.3) is 10.6 Å². The number of likely N-dealkylation sites (N-methyl/N-ethyl adjacent to an activating group) is 2. The molecule has 0 bridgehead atoms. The van der Waals surface area contributed by atoms with Crippen molar-refractivity contribution in [2.75, 3.05) is 51.7 Å². The Kier molecular flexibility index (Phi) is 10.0. The SMILES string of the molecule is CCNCCNC(=O)CN(CC(=O)N(C)N1Cc2ccc(F)cc2C1)c1cc(-c2nc(C(=O)NC)cs2)ccc1C. The van der Waals surface area contributed by atoms with Gasteiger partial charge >= 0.3 is 0 Å². The van der Waals surface area contributed by atoms with Gasteiger partial charge in [-0.15, -0.1) is 11.3 Å². The van der Waals surface area contributed by atoms with Crippen LogP contribution in [0.4, 0.5) is 10.1 Å². The fraction of sp³-hybridized carbons (Fsp3) is 0.379. The van der Waals surface area contributed by atoms with E-state index in [2.05, 4.69) is 20.9 Å². The van der Waals surface area contributed by atoms with Crippen LogP contribution < -0.4 is 20.9 Å². The lowest BCUT2D eigenvalue weighted by Gasteiger charge is -2.32. The minimum atomic E-state index is -0.302. The Morgan fingerprint density at radius 3 is 2.61 bits per heavy atom.